The lowest BCUT2D eigenvalue weighted by atomic mass is 10.4. The van der Waals surface area contributed by atoms with Gasteiger partial charge in [0.15, 0.2) is 5.78 Å². The van der Waals surface area contributed by atoms with Crippen molar-refractivity contribution >= 4 is 17.5 Å². The molecule has 0 spiro atoms. The first-order valence-corrected chi connectivity index (χ1v) is 5.11. The van der Waals surface area contributed by atoms with Crippen molar-refractivity contribution in [3.8, 4) is 0 Å². The Balaban J connectivity index is 2.94. The monoisotopic (exact) mass is 267 g/mol. The number of alkyl halides is 3. The lowest BCUT2D eigenvalue weighted by Gasteiger charge is -2.01. The highest BCUT2D eigenvalue weighted by Gasteiger charge is 2.35. The lowest BCUT2D eigenvalue weighted by molar-refractivity contribution is -0.144. The molecule has 9 heteroatoms. The van der Waals surface area contributed by atoms with Crippen LogP contribution in [0.15, 0.2) is 15.8 Å². The van der Waals surface area contributed by atoms with E-state index in [0.717, 1.165) is 0 Å². The Morgan fingerprint density at radius 1 is 1.41 bits per heavy atom. The van der Waals surface area contributed by atoms with Crippen LogP contribution in [0.4, 0.5) is 13.2 Å². The fourth-order valence-corrected chi connectivity index (χ4v) is 1.61. The second-order valence-corrected chi connectivity index (χ2v) is 4.01. The number of hydrogen-bond donors (Lipinski definition) is 2. The zero-order valence-electron chi connectivity index (χ0n) is 8.79. The molecule has 1 aromatic heterocycles. The molecule has 1 heterocycles. The minimum absolute atomic E-state index is 0.0993. The third kappa shape index (κ3) is 3.48. The van der Waals surface area contributed by atoms with Gasteiger partial charge in [-0.25, -0.2) is 0 Å². The molecular weight excluding hydrogens is 259 g/mol. The van der Waals surface area contributed by atoms with E-state index < -0.39 is 17.8 Å². The molecule has 0 aromatic carbocycles. The molecule has 1 aromatic rings. The van der Waals surface area contributed by atoms with Gasteiger partial charge in [-0.05, 0) is 25.6 Å². The zero-order valence-corrected chi connectivity index (χ0v) is 9.61. The summed E-state index contributed by atoms with van der Waals surface area (Å²) >= 11 is 0.568. The number of carbonyl (C=O) groups excluding carboxylic acids is 1. The van der Waals surface area contributed by atoms with Crippen molar-refractivity contribution in [2.24, 2.45) is 0 Å². The summed E-state index contributed by atoms with van der Waals surface area (Å²) in [6.45, 7) is 2.43. The topological polar surface area (TPSA) is 78.9 Å². The van der Waals surface area contributed by atoms with Gasteiger partial charge >= 0.3 is 6.18 Å². The standard InChI is InChI=1S/C8H8F3N3O2S/c1-3(15)5(4(2)16)17-7-12-6(13-14-7)8(9,10)11/h15H,1-2H3,(H,12,13,14). The van der Waals surface area contributed by atoms with Gasteiger partial charge < -0.3 is 5.11 Å². The van der Waals surface area contributed by atoms with Crippen LogP contribution in [-0.2, 0) is 11.0 Å². The third-order valence-electron chi connectivity index (χ3n) is 1.58. The number of hydrogen-bond acceptors (Lipinski definition) is 5. The van der Waals surface area contributed by atoms with Crippen LogP contribution >= 0.6 is 11.8 Å². The molecular formula is C8H8F3N3O2S. The number of nitrogens with one attached hydrogen (secondary N) is 1. The normalized spacial score (nSPS) is 13.5. The molecule has 0 aliphatic rings. The summed E-state index contributed by atoms with van der Waals surface area (Å²) < 4.78 is 36.6. The molecule has 17 heavy (non-hydrogen) atoms. The van der Waals surface area contributed by atoms with Gasteiger partial charge in [-0.15, -0.1) is 5.10 Å². The van der Waals surface area contributed by atoms with Crippen LogP contribution in [0.5, 0.6) is 0 Å². The number of allylic oxidation sites excluding steroid dienone is 2. The summed E-state index contributed by atoms with van der Waals surface area (Å²) in [5.41, 5.74) is 0. The number of H-pyrrole nitrogens is 1. The van der Waals surface area contributed by atoms with Crippen molar-refractivity contribution in [3.05, 3.63) is 16.5 Å². The molecule has 0 saturated heterocycles. The lowest BCUT2D eigenvalue weighted by Crippen LogP contribution is -2.07. The van der Waals surface area contributed by atoms with Crippen LogP contribution in [0.1, 0.15) is 19.7 Å². The van der Waals surface area contributed by atoms with Gasteiger partial charge in [-0.2, -0.15) is 18.2 Å². The molecule has 2 N–H and O–H groups in total. The molecule has 0 bridgehead atoms. The first-order valence-electron chi connectivity index (χ1n) is 4.30. The van der Waals surface area contributed by atoms with E-state index in [1.807, 2.05) is 0 Å². The SMILES string of the molecule is CC(=O)C(Sc1n[nH]c(C(F)(F)F)n1)=C(C)O. The molecule has 0 fully saturated rings. The average molecular weight is 267 g/mol. The van der Waals surface area contributed by atoms with Crippen molar-refractivity contribution in [1.29, 1.82) is 0 Å². The van der Waals surface area contributed by atoms with E-state index >= 15 is 0 Å². The van der Waals surface area contributed by atoms with E-state index in [4.69, 9.17) is 5.11 Å². The van der Waals surface area contributed by atoms with Crippen LogP contribution in [0.2, 0.25) is 0 Å². The van der Waals surface area contributed by atoms with E-state index in [-0.39, 0.29) is 15.8 Å². The van der Waals surface area contributed by atoms with Gasteiger partial charge in [0.25, 0.3) is 0 Å². The molecule has 1 rings (SSSR count). The van der Waals surface area contributed by atoms with Gasteiger partial charge in [0.05, 0.1) is 4.91 Å². The first-order chi connectivity index (χ1) is 7.71. The zero-order chi connectivity index (χ0) is 13.2. The average Bonchev–Trinajstić information content (AvgIpc) is 2.60. The number of aliphatic hydroxyl groups is 1. The first kappa shape index (κ1) is 13.6. The molecule has 0 aliphatic heterocycles. The Bertz CT molecular complexity index is 463. The number of halogens is 3. The van der Waals surface area contributed by atoms with Crippen LogP contribution in [0.25, 0.3) is 0 Å². The Hall–Kier alpha value is -1.51. The summed E-state index contributed by atoms with van der Waals surface area (Å²) in [4.78, 5) is 14.1. The second kappa shape index (κ2) is 4.78. The molecule has 0 saturated carbocycles. The van der Waals surface area contributed by atoms with Crippen LogP contribution in [0, 0.1) is 0 Å². The van der Waals surface area contributed by atoms with Crippen molar-refractivity contribution in [3.63, 3.8) is 0 Å². The largest absolute Gasteiger partial charge is 0.511 e. The summed E-state index contributed by atoms with van der Waals surface area (Å²) in [7, 11) is 0. The molecule has 0 unspecified atom stereocenters. The van der Waals surface area contributed by atoms with E-state index in [0.29, 0.717) is 11.8 Å². The maximum absolute atomic E-state index is 12.2. The molecule has 0 radical (unpaired) electrons. The van der Waals surface area contributed by atoms with Gasteiger partial charge in [0.1, 0.15) is 5.76 Å². The number of aromatic amines is 1. The fourth-order valence-electron chi connectivity index (χ4n) is 0.911. The highest BCUT2D eigenvalue weighted by molar-refractivity contribution is 8.03. The Kier molecular flexibility index (Phi) is 3.81. The number of carbonyl (C=O) groups is 1. The molecule has 94 valence electrons. The van der Waals surface area contributed by atoms with Gasteiger partial charge in [0.2, 0.25) is 11.0 Å². The highest BCUT2D eigenvalue weighted by Crippen LogP contribution is 2.30. The number of Topliss-reactive ketones (excluding diaryl/α,β-unsaturated/α-hetero) is 1. The smallest absolute Gasteiger partial charge is 0.451 e. The van der Waals surface area contributed by atoms with Gasteiger partial charge in [-0.1, -0.05) is 0 Å². The number of thioether (sulfide) groups is 1. The molecule has 0 atom stereocenters. The second-order valence-electron chi connectivity index (χ2n) is 3.04. The van der Waals surface area contributed by atoms with Gasteiger partial charge in [0, 0.05) is 0 Å². The van der Waals surface area contributed by atoms with Gasteiger partial charge in [-0.3, -0.25) is 9.89 Å². The Labute approximate surface area is 98.1 Å². The summed E-state index contributed by atoms with van der Waals surface area (Å²) in [6.07, 6.45) is -4.62. The summed E-state index contributed by atoms with van der Waals surface area (Å²) in [5.74, 6) is -2.02. The van der Waals surface area contributed by atoms with Crippen LogP contribution in [-0.4, -0.2) is 26.1 Å². The van der Waals surface area contributed by atoms with Crippen molar-refractivity contribution in [2.45, 2.75) is 25.2 Å². The predicted octanol–water partition coefficient (Wildman–Crippen LogP) is 2.29. The highest BCUT2D eigenvalue weighted by atomic mass is 32.2. The van der Waals surface area contributed by atoms with E-state index in [2.05, 4.69) is 10.1 Å². The Morgan fingerprint density at radius 2 is 2.00 bits per heavy atom. The number of aliphatic hydroxyl groups excluding tert-OH is 1. The van der Waals surface area contributed by atoms with Crippen LogP contribution in [0.3, 0.4) is 0 Å². The van der Waals surface area contributed by atoms with E-state index in [9.17, 15) is 18.0 Å². The van der Waals surface area contributed by atoms with Crippen molar-refractivity contribution in [1.82, 2.24) is 15.2 Å². The summed E-state index contributed by atoms with van der Waals surface area (Å²) in [6, 6.07) is 0. The molecule has 0 amide bonds. The molecule has 0 aliphatic carbocycles. The van der Waals surface area contributed by atoms with Crippen LogP contribution < -0.4 is 0 Å². The quantitative estimate of drug-likeness (QED) is 0.499. The minimum Gasteiger partial charge on any atom is -0.511 e. The number of rotatable bonds is 3. The molecule has 5 nitrogen and oxygen atoms in total. The fraction of sp³-hybridized carbons (Fsp3) is 0.375. The number of ketones is 1. The maximum Gasteiger partial charge on any atom is 0.451 e. The minimum atomic E-state index is -4.62. The van der Waals surface area contributed by atoms with E-state index in [1.165, 1.54) is 13.8 Å². The Morgan fingerprint density at radius 3 is 2.35 bits per heavy atom. The number of nitrogens with zero attached hydrogens (tertiary/aromatic N) is 2. The summed E-state index contributed by atoms with van der Waals surface area (Å²) in [5, 5.41) is 13.9. The number of aromatic nitrogens is 3. The van der Waals surface area contributed by atoms with E-state index in [1.54, 1.807) is 5.10 Å². The third-order valence-corrected chi connectivity index (χ3v) is 2.73. The predicted molar refractivity (Wildman–Crippen MR) is 53.3 cm³/mol. The van der Waals surface area contributed by atoms with Crippen molar-refractivity contribution in [2.75, 3.05) is 0 Å². The maximum atomic E-state index is 12.2. The van der Waals surface area contributed by atoms with Crippen molar-refractivity contribution < 1.29 is 23.1 Å².